The Morgan fingerprint density at radius 2 is 1.77 bits per heavy atom. The van der Waals surface area contributed by atoms with E-state index in [-0.39, 0.29) is 30.7 Å². The highest BCUT2D eigenvalue weighted by molar-refractivity contribution is 5.85. The van der Waals surface area contributed by atoms with Gasteiger partial charge in [0.2, 0.25) is 5.91 Å². The van der Waals surface area contributed by atoms with Crippen LogP contribution in [0.1, 0.15) is 36.8 Å². The first-order chi connectivity index (χ1) is 9.84. The van der Waals surface area contributed by atoms with E-state index in [1.54, 1.807) is 0 Å². The van der Waals surface area contributed by atoms with Crippen LogP contribution in [0.3, 0.4) is 0 Å². The first-order valence-electron chi connectivity index (χ1n) is 6.93. The van der Waals surface area contributed by atoms with Crippen molar-refractivity contribution in [2.75, 3.05) is 20.1 Å². The van der Waals surface area contributed by atoms with Gasteiger partial charge >= 0.3 is 6.18 Å². The van der Waals surface area contributed by atoms with Gasteiger partial charge in [-0.3, -0.25) is 4.79 Å². The minimum Gasteiger partial charge on any atom is -0.356 e. The number of hydrogen-bond acceptors (Lipinski definition) is 2. The van der Waals surface area contributed by atoms with Crippen molar-refractivity contribution in [1.29, 1.82) is 0 Å². The monoisotopic (exact) mass is 338 g/mol. The van der Waals surface area contributed by atoms with E-state index in [1.165, 1.54) is 12.1 Å². The zero-order chi connectivity index (χ0) is 15.9. The molecule has 0 aliphatic rings. The number of halogens is 4. The molecule has 0 fully saturated rings. The maximum Gasteiger partial charge on any atom is 0.416 e. The summed E-state index contributed by atoms with van der Waals surface area (Å²) in [5.74, 6) is -0.199. The molecule has 0 aliphatic carbocycles. The first-order valence-corrected chi connectivity index (χ1v) is 6.93. The predicted octanol–water partition coefficient (Wildman–Crippen LogP) is 3.35. The Kier molecular flexibility index (Phi) is 9.13. The lowest BCUT2D eigenvalue weighted by Crippen LogP contribution is -2.27. The van der Waals surface area contributed by atoms with Crippen LogP contribution in [-0.2, 0) is 11.0 Å². The number of hydrogen-bond donors (Lipinski definition) is 2. The first kappa shape index (κ1) is 20.7. The Morgan fingerprint density at radius 1 is 1.18 bits per heavy atom. The summed E-state index contributed by atoms with van der Waals surface area (Å²) in [5.41, 5.74) is 0.0587. The molecule has 0 aliphatic heterocycles. The molecule has 0 spiro atoms. The third-order valence-electron chi connectivity index (χ3n) is 3.22. The molecule has 0 heterocycles. The summed E-state index contributed by atoms with van der Waals surface area (Å²) in [5, 5.41) is 5.78. The highest BCUT2D eigenvalue weighted by atomic mass is 35.5. The molecule has 126 valence electrons. The van der Waals surface area contributed by atoms with E-state index in [0.717, 1.165) is 30.7 Å². The standard InChI is InChI=1S/C15H21F3N2O.ClH/c1-11(10-14(21)20-9-3-8-19-2)12-4-6-13(7-5-12)15(16,17)18;/h4-7,11,19H,3,8-10H2,1-2H3,(H,20,21);1H. The van der Waals surface area contributed by atoms with Crippen LogP contribution < -0.4 is 10.6 Å². The van der Waals surface area contributed by atoms with Crippen LogP contribution in [0.15, 0.2) is 24.3 Å². The Balaban J connectivity index is 0.00000441. The summed E-state index contributed by atoms with van der Waals surface area (Å²) in [6.07, 6.45) is -3.21. The number of alkyl halides is 3. The van der Waals surface area contributed by atoms with Gasteiger partial charge in [0.15, 0.2) is 0 Å². The van der Waals surface area contributed by atoms with Crippen molar-refractivity contribution >= 4 is 18.3 Å². The fourth-order valence-corrected chi connectivity index (χ4v) is 1.96. The number of carbonyl (C=O) groups is 1. The smallest absolute Gasteiger partial charge is 0.356 e. The normalized spacial score (nSPS) is 12.4. The fourth-order valence-electron chi connectivity index (χ4n) is 1.96. The summed E-state index contributed by atoms with van der Waals surface area (Å²) in [6, 6.07) is 4.97. The van der Waals surface area contributed by atoms with Crippen LogP contribution in [0.4, 0.5) is 13.2 Å². The van der Waals surface area contributed by atoms with E-state index < -0.39 is 11.7 Å². The van der Waals surface area contributed by atoms with Crippen LogP contribution in [0.5, 0.6) is 0 Å². The molecule has 1 atom stereocenters. The van der Waals surface area contributed by atoms with E-state index >= 15 is 0 Å². The summed E-state index contributed by atoms with van der Waals surface area (Å²) >= 11 is 0. The SMILES string of the molecule is CNCCCNC(=O)CC(C)c1ccc(C(F)(F)F)cc1.Cl. The second-order valence-corrected chi connectivity index (χ2v) is 5.03. The Morgan fingerprint density at radius 3 is 2.27 bits per heavy atom. The molecule has 22 heavy (non-hydrogen) atoms. The quantitative estimate of drug-likeness (QED) is 0.749. The van der Waals surface area contributed by atoms with Crippen molar-refractivity contribution in [2.45, 2.75) is 31.9 Å². The van der Waals surface area contributed by atoms with Gasteiger partial charge in [0.1, 0.15) is 0 Å². The third kappa shape index (κ3) is 7.13. The largest absolute Gasteiger partial charge is 0.416 e. The van der Waals surface area contributed by atoms with Crippen LogP contribution >= 0.6 is 12.4 Å². The summed E-state index contributed by atoms with van der Waals surface area (Å²) in [7, 11) is 1.84. The average molecular weight is 339 g/mol. The molecule has 7 heteroatoms. The second kappa shape index (κ2) is 9.69. The van der Waals surface area contributed by atoms with Gasteiger partial charge in [-0.15, -0.1) is 12.4 Å². The molecule has 0 saturated heterocycles. The van der Waals surface area contributed by atoms with Crippen LogP contribution in [0, 0.1) is 0 Å². The molecule has 3 nitrogen and oxygen atoms in total. The van der Waals surface area contributed by atoms with Gasteiger partial charge in [-0.2, -0.15) is 13.2 Å². The molecular formula is C15H22ClF3N2O. The molecule has 1 rings (SSSR count). The highest BCUT2D eigenvalue weighted by Gasteiger charge is 2.30. The van der Waals surface area contributed by atoms with Crippen LogP contribution in [0.2, 0.25) is 0 Å². The van der Waals surface area contributed by atoms with Crippen molar-refractivity contribution in [2.24, 2.45) is 0 Å². The average Bonchev–Trinajstić information content (AvgIpc) is 2.43. The van der Waals surface area contributed by atoms with Crippen molar-refractivity contribution < 1.29 is 18.0 Å². The number of amides is 1. The number of nitrogens with one attached hydrogen (secondary N) is 2. The topological polar surface area (TPSA) is 41.1 Å². The number of rotatable bonds is 7. The Hall–Kier alpha value is -1.27. The van der Waals surface area contributed by atoms with Gasteiger partial charge in [0.25, 0.3) is 0 Å². The molecule has 1 unspecified atom stereocenters. The fraction of sp³-hybridized carbons (Fsp3) is 0.533. The van der Waals surface area contributed by atoms with Crippen molar-refractivity contribution in [3.8, 4) is 0 Å². The van der Waals surface area contributed by atoms with Crippen LogP contribution in [0.25, 0.3) is 0 Å². The van der Waals surface area contributed by atoms with E-state index in [1.807, 2.05) is 14.0 Å². The lowest BCUT2D eigenvalue weighted by molar-refractivity contribution is -0.137. The molecule has 2 N–H and O–H groups in total. The van der Waals surface area contributed by atoms with Gasteiger partial charge in [-0.05, 0) is 43.6 Å². The highest BCUT2D eigenvalue weighted by Crippen LogP contribution is 2.30. The second-order valence-electron chi connectivity index (χ2n) is 5.03. The summed E-state index contributed by atoms with van der Waals surface area (Å²) in [6.45, 7) is 3.25. The van der Waals surface area contributed by atoms with Gasteiger partial charge in [-0.1, -0.05) is 19.1 Å². The Labute approximate surface area is 135 Å². The maximum absolute atomic E-state index is 12.5. The van der Waals surface area contributed by atoms with Crippen molar-refractivity contribution in [1.82, 2.24) is 10.6 Å². The van der Waals surface area contributed by atoms with Gasteiger partial charge in [0.05, 0.1) is 5.56 Å². The van der Waals surface area contributed by atoms with E-state index in [4.69, 9.17) is 0 Å². The van der Waals surface area contributed by atoms with E-state index in [9.17, 15) is 18.0 Å². The summed E-state index contributed by atoms with van der Waals surface area (Å²) in [4.78, 5) is 11.7. The molecule has 1 aromatic carbocycles. The van der Waals surface area contributed by atoms with Gasteiger partial charge in [-0.25, -0.2) is 0 Å². The van der Waals surface area contributed by atoms with E-state index in [2.05, 4.69) is 10.6 Å². The maximum atomic E-state index is 12.5. The molecule has 0 aromatic heterocycles. The zero-order valence-corrected chi connectivity index (χ0v) is 13.5. The minimum absolute atomic E-state index is 0. The van der Waals surface area contributed by atoms with Gasteiger partial charge in [0, 0.05) is 13.0 Å². The molecule has 0 radical (unpaired) electrons. The van der Waals surface area contributed by atoms with Crippen molar-refractivity contribution in [3.63, 3.8) is 0 Å². The van der Waals surface area contributed by atoms with Crippen molar-refractivity contribution in [3.05, 3.63) is 35.4 Å². The Bertz CT molecular complexity index is 449. The molecular weight excluding hydrogens is 317 g/mol. The minimum atomic E-state index is -4.33. The molecule has 0 bridgehead atoms. The lowest BCUT2D eigenvalue weighted by atomic mass is 9.96. The third-order valence-corrected chi connectivity index (χ3v) is 3.22. The van der Waals surface area contributed by atoms with Crippen LogP contribution in [-0.4, -0.2) is 26.0 Å². The summed E-state index contributed by atoms with van der Waals surface area (Å²) < 4.78 is 37.4. The zero-order valence-electron chi connectivity index (χ0n) is 12.7. The predicted molar refractivity (Wildman–Crippen MR) is 83.3 cm³/mol. The molecule has 1 aromatic rings. The van der Waals surface area contributed by atoms with Gasteiger partial charge < -0.3 is 10.6 Å². The number of benzene rings is 1. The molecule has 1 amide bonds. The number of carbonyl (C=O) groups excluding carboxylic acids is 1. The lowest BCUT2D eigenvalue weighted by Gasteiger charge is -2.13. The van der Waals surface area contributed by atoms with E-state index in [0.29, 0.717) is 6.54 Å². The molecule has 0 saturated carbocycles.